The van der Waals surface area contributed by atoms with Crippen LogP contribution in [0.15, 0.2) is 47.5 Å². The number of thioether (sulfide) groups is 1. The van der Waals surface area contributed by atoms with Crippen molar-refractivity contribution in [2.75, 3.05) is 17.3 Å². The molecule has 0 fully saturated rings. The number of para-hydroxylation sites is 1. The lowest BCUT2D eigenvalue weighted by Crippen LogP contribution is -1.95. The summed E-state index contributed by atoms with van der Waals surface area (Å²) < 4.78 is 0. The fourth-order valence-corrected chi connectivity index (χ4v) is 1.92. The van der Waals surface area contributed by atoms with Gasteiger partial charge in [-0.05, 0) is 30.5 Å². The van der Waals surface area contributed by atoms with Gasteiger partial charge in [-0.15, -0.1) is 11.8 Å². The van der Waals surface area contributed by atoms with Crippen molar-refractivity contribution in [2.45, 2.75) is 4.90 Å². The van der Waals surface area contributed by atoms with E-state index in [4.69, 9.17) is 5.73 Å². The van der Waals surface area contributed by atoms with Gasteiger partial charge in [0.25, 0.3) is 0 Å². The van der Waals surface area contributed by atoms with E-state index >= 15 is 0 Å². The number of nitrogen functional groups attached to an aromatic ring is 1. The van der Waals surface area contributed by atoms with Crippen LogP contribution in [0, 0.1) is 0 Å². The lowest BCUT2D eigenvalue weighted by Gasteiger charge is -2.09. The minimum atomic E-state index is 0.670. The summed E-state index contributed by atoms with van der Waals surface area (Å²) in [6.07, 6.45) is 3.70. The van der Waals surface area contributed by atoms with Crippen molar-refractivity contribution in [3.05, 3.63) is 42.6 Å². The molecule has 2 rings (SSSR count). The average Bonchev–Trinajstić information content (AvgIpc) is 2.33. The van der Waals surface area contributed by atoms with Crippen LogP contribution in [0.1, 0.15) is 0 Å². The molecule has 16 heavy (non-hydrogen) atoms. The SMILES string of the molecule is CSc1ccccc1Nc1ccc(N)cn1. The monoisotopic (exact) mass is 231 g/mol. The zero-order valence-corrected chi connectivity index (χ0v) is 9.79. The van der Waals surface area contributed by atoms with Crippen molar-refractivity contribution in [1.82, 2.24) is 4.98 Å². The molecule has 4 heteroatoms. The molecule has 0 aliphatic carbocycles. The van der Waals surface area contributed by atoms with Crippen LogP contribution in [0.4, 0.5) is 17.2 Å². The quantitative estimate of drug-likeness (QED) is 0.797. The van der Waals surface area contributed by atoms with Crippen LogP contribution < -0.4 is 11.1 Å². The molecular formula is C12H13N3S. The van der Waals surface area contributed by atoms with Gasteiger partial charge in [0.05, 0.1) is 17.6 Å². The summed E-state index contributed by atoms with van der Waals surface area (Å²) in [5, 5.41) is 3.26. The highest BCUT2D eigenvalue weighted by Gasteiger charge is 2.00. The molecule has 0 spiro atoms. The maximum atomic E-state index is 5.58. The van der Waals surface area contributed by atoms with Gasteiger partial charge in [0.2, 0.25) is 0 Å². The molecule has 0 aliphatic rings. The molecular weight excluding hydrogens is 218 g/mol. The van der Waals surface area contributed by atoms with Crippen molar-refractivity contribution in [3.8, 4) is 0 Å². The summed E-state index contributed by atoms with van der Waals surface area (Å²) in [6, 6.07) is 11.8. The number of anilines is 3. The van der Waals surface area contributed by atoms with Gasteiger partial charge in [-0.2, -0.15) is 0 Å². The van der Waals surface area contributed by atoms with Crippen LogP contribution >= 0.6 is 11.8 Å². The van der Waals surface area contributed by atoms with Crippen molar-refractivity contribution in [3.63, 3.8) is 0 Å². The Morgan fingerprint density at radius 3 is 2.69 bits per heavy atom. The Labute approximate surface area is 99.1 Å². The Hall–Kier alpha value is -1.68. The summed E-state index contributed by atoms with van der Waals surface area (Å²) in [5.74, 6) is 0.802. The van der Waals surface area contributed by atoms with E-state index in [1.54, 1.807) is 18.0 Å². The smallest absolute Gasteiger partial charge is 0.130 e. The first-order valence-electron chi connectivity index (χ1n) is 4.91. The molecule has 0 saturated heterocycles. The fraction of sp³-hybridized carbons (Fsp3) is 0.0833. The first-order valence-corrected chi connectivity index (χ1v) is 6.13. The minimum absolute atomic E-state index is 0.670. The number of nitrogens with two attached hydrogens (primary N) is 1. The van der Waals surface area contributed by atoms with Gasteiger partial charge in [-0.25, -0.2) is 4.98 Å². The van der Waals surface area contributed by atoms with E-state index in [0.29, 0.717) is 5.69 Å². The maximum absolute atomic E-state index is 5.58. The van der Waals surface area contributed by atoms with E-state index in [9.17, 15) is 0 Å². The van der Waals surface area contributed by atoms with E-state index in [1.165, 1.54) is 4.90 Å². The molecule has 1 aromatic heterocycles. The summed E-state index contributed by atoms with van der Waals surface area (Å²) >= 11 is 1.70. The molecule has 3 N–H and O–H groups in total. The molecule has 0 bridgehead atoms. The van der Waals surface area contributed by atoms with Crippen LogP contribution in [0.2, 0.25) is 0 Å². The van der Waals surface area contributed by atoms with E-state index in [-0.39, 0.29) is 0 Å². The zero-order chi connectivity index (χ0) is 11.4. The molecule has 1 aromatic carbocycles. The summed E-state index contributed by atoms with van der Waals surface area (Å²) in [6.45, 7) is 0. The molecule has 3 nitrogen and oxygen atoms in total. The second-order valence-corrected chi connectivity index (χ2v) is 4.15. The highest BCUT2D eigenvalue weighted by atomic mass is 32.2. The van der Waals surface area contributed by atoms with E-state index in [2.05, 4.69) is 22.6 Å². The Morgan fingerprint density at radius 1 is 1.19 bits per heavy atom. The zero-order valence-electron chi connectivity index (χ0n) is 8.97. The first-order chi connectivity index (χ1) is 7.79. The third-order valence-corrected chi connectivity index (χ3v) is 2.95. The standard InChI is InChI=1S/C12H13N3S/c1-16-11-5-3-2-4-10(11)15-12-7-6-9(13)8-14-12/h2-8H,13H2,1H3,(H,14,15). The fourth-order valence-electron chi connectivity index (χ4n) is 1.37. The van der Waals surface area contributed by atoms with Crippen LogP contribution in [-0.4, -0.2) is 11.2 Å². The normalized spacial score (nSPS) is 10.1. The van der Waals surface area contributed by atoms with E-state index in [0.717, 1.165) is 11.5 Å². The third-order valence-electron chi connectivity index (χ3n) is 2.16. The lowest BCUT2D eigenvalue weighted by atomic mass is 10.3. The first kappa shape index (κ1) is 10.8. The molecule has 0 unspecified atom stereocenters. The number of nitrogens with zero attached hydrogens (tertiary/aromatic N) is 1. The number of hydrogen-bond donors (Lipinski definition) is 2. The van der Waals surface area contributed by atoms with Crippen LogP contribution in [-0.2, 0) is 0 Å². The number of pyridine rings is 1. The predicted octanol–water partition coefficient (Wildman–Crippen LogP) is 3.13. The van der Waals surface area contributed by atoms with Crippen LogP contribution in [0.3, 0.4) is 0 Å². The second-order valence-electron chi connectivity index (χ2n) is 3.30. The van der Waals surface area contributed by atoms with Crippen molar-refractivity contribution in [1.29, 1.82) is 0 Å². The van der Waals surface area contributed by atoms with Gasteiger partial charge in [-0.1, -0.05) is 12.1 Å². The lowest BCUT2D eigenvalue weighted by molar-refractivity contribution is 1.29. The van der Waals surface area contributed by atoms with E-state index < -0.39 is 0 Å². The van der Waals surface area contributed by atoms with Gasteiger partial charge in [0.15, 0.2) is 0 Å². The molecule has 1 heterocycles. The predicted molar refractivity (Wildman–Crippen MR) is 70.2 cm³/mol. The van der Waals surface area contributed by atoms with E-state index in [1.807, 2.05) is 30.3 Å². The highest BCUT2D eigenvalue weighted by Crippen LogP contribution is 2.26. The maximum Gasteiger partial charge on any atom is 0.130 e. The molecule has 0 radical (unpaired) electrons. The van der Waals surface area contributed by atoms with Gasteiger partial charge >= 0.3 is 0 Å². The second kappa shape index (κ2) is 4.90. The summed E-state index contributed by atoms with van der Waals surface area (Å²) in [7, 11) is 0. The Balaban J connectivity index is 2.23. The third kappa shape index (κ3) is 2.46. The number of benzene rings is 1. The Bertz CT molecular complexity index is 468. The van der Waals surface area contributed by atoms with Crippen molar-refractivity contribution in [2.24, 2.45) is 0 Å². The van der Waals surface area contributed by atoms with Gasteiger partial charge in [0.1, 0.15) is 5.82 Å². The Morgan fingerprint density at radius 2 is 2.00 bits per heavy atom. The number of rotatable bonds is 3. The van der Waals surface area contributed by atoms with Crippen LogP contribution in [0.25, 0.3) is 0 Å². The number of nitrogens with one attached hydrogen (secondary N) is 1. The highest BCUT2D eigenvalue weighted by molar-refractivity contribution is 7.98. The molecule has 0 amide bonds. The summed E-state index contributed by atoms with van der Waals surface area (Å²) in [4.78, 5) is 5.40. The minimum Gasteiger partial charge on any atom is -0.397 e. The molecule has 0 aliphatic heterocycles. The largest absolute Gasteiger partial charge is 0.397 e. The molecule has 82 valence electrons. The summed E-state index contributed by atoms with van der Waals surface area (Å²) in [5.41, 5.74) is 7.31. The van der Waals surface area contributed by atoms with Crippen LogP contribution in [0.5, 0.6) is 0 Å². The van der Waals surface area contributed by atoms with Crippen molar-refractivity contribution < 1.29 is 0 Å². The average molecular weight is 231 g/mol. The number of hydrogen-bond acceptors (Lipinski definition) is 4. The molecule has 2 aromatic rings. The van der Waals surface area contributed by atoms with Gasteiger partial charge in [0, 0.05) is 4.90 Å². The molecule has 0 atom stereocenters. The molecule has 0 saturated carbocycles. The van der Waals surface area contributed by atoms with Gasteiger partial charge in [-0.3, -0.25) is 0 Å². The van der Waals surface area contributed by atoms with Gasteiger partial charge < -0.3 is 11.1 Å². The topological polar surface area (TPSA) is 50.9 Å². The number of aromatic nitrogens is 1. The Kier molecular flexibility index (Phi) is 3.31. The van der Waals surface area contributed by atoms with Crippen molar-refractivity contribution >= 4 is 29.0 Å².